The van der Waals surface area contributed by atoms with Crippen molar-refractivity contribution in [3.05, 3.63) is 0 Å². The topological polar surface area (TPSA) is 75.4 Å². The van der Waals surface area contributed by atoms with Gasteiger partial charge in [0.25, 0.3) is 0 Å². The second kappa shape index (κ2) is 7.84. The van der Waals surface area contributed by atoms with E-state index in [4.69, 9.17) is 5.73 Å². The minimum atomic E-state index is -0.263. The van der Waals surface area contributed by atoms with Gasteiger partial charge in [-0.05, 0) is 44.4 Å². The van der Waals surface area contributed by atoms with Crippen LogP contribution < -0.4 is 11.1 Å². The molecule has 0 aromatic rings. The first kappa shape index (κ1) is 17.2. The second-order valence-corrected chi connectivity index (χ2v) is 5.93. The summed E-state index contributed by atoms with van der Waals surface area (Å²) in [4.78, 5) is 25.5. The van der Waals surface area contributed by atoms with Crippen LogP contribution >= 0.6 is 12.4 Å². The van der Waals surface area contributed by atoms with Crippen LogP contribution in [0, 0.1) is 5.92 Å². The van der Waals surface area contributed by atoms with Crippen molar-refractivity contribution in [2.45, 2.75) is 57.5 Å². The number of nitrogens with one attached hydrogen (secondary N) is 1. The highest BCUT2D eigenvalue weighted by atomic mass is 35.5. The highest BCUT2D eigenvalue weighted by Gasteiger charge is 2.38. The summed E-state index contributed by atoms with van der Waals surface area (Å²) in [6, 6.07) is 0.798. The van der Waals surface area contributed by atoms with E-state index in [0.717, 1.165) is 31.6 Å². The van der Waals surface area contributed by atoms with Gasteiger partial charge < -0.3 is 16.0 Å². The van der Waals surface area contributed by atoms with Crippen molar-refractivity contribution in [1.82, 2.24) is 10.2 Å². The number of carbonyl (C=O) groups is 2. The quantitative estimate of drug-likeness (QED) is 0.797. The molecule has 0 heterocycles. The molecule has 0 spiro atoms. The van der Waals surface area contributed by atoms with Gasteiger partial charge in [-0.2, -0.15) is 0 Å². The Hall–Kier alpha value is -0.810. The molecule has 6 heteroatoms. The predicted octanol–water partition coefficient (Wildman–Crippen LogP) is 1.05. The van der Waals surface area contributed by atoms with Crippen LogP contribution in [0.25, 0.3) is 0 Å². The van der Waals surface area contributed by atoms with Crippen molar-refractivity contribution in [3.8, 4) is 0 Å². The normalized spacial score (nSPS) is 25.5. The van der Waals surface area contributed by atoms with Gasteiger partial charge in [0.1, 0.15) is 0 Å². The SMILES string of the molecule is CC1CCC(N(C(=O)CNC(=O)CN)C2CC2)CC1.Cl. The fourth-order valence-electron chi connectivity index (χ4n) is 2.92. The van der Waals surface area contributed by atoms with Gasteiger partial charge in [0.05, 0.1) is 13.1 Å². The minimum Gasteiger partial charge on any atom is -0.346 e. The van der Waals surface area contributed by atoms with Gasteiger partial charge in [0, 0.05) is 12.1 Å². The molecule has 0 unspecified atom stereocenters. The number of carbonyl (C=O) groups excluding carboxylic acids is 2. The number of rotatable bonds is 5. The Morgan fingerprint density at radius 1 is 1.10 bits per heavy atom. The molecule has 2 aliphatic carbocycles. The summed E-state index contributed by atoms with van der Waals surface area (Å²) in [5.41, 5.74) is 5.23. The number of amides is 2. The minimum absolute atomic E-state index is 0. The Balaban J connectivity index is 0.00000200. The van der Waals surface area contributed by atoms with Gasteiger partial charge in [0.2, 0.25) is 11.8 Å². The largest absolute Gasteiger partial charge is 0.346 e. The maximum Gasteiger partial charge on any atom is 0.242 e. The number of halogens is 1. The summed E-state index contributed by atoms with van der Waals surface area (Å²) in [6.07, 6.45) is 6.85. The van der Waals surface area contributed by atoms with Crippen LogP contribution in [0.1, 0.15) is 45.4 Å². The summed E-state index contributed by atoms with van der Waals surface area (Å²) in [5.74, 6) is 0.578. The van der Waals surface area contributed by atoms with Crippen molar-refractivity contribution in [1.29, 1.82) is 0 Å². The van der Waals surface area contributed by atoms with E-state index < -0.39 is 0 Å². The molecule has 0 aromatic heterocycles. The first-order valence-electron chi connectivity index (χ1n) is 7.39. The van der Waals surface area contributed by atoms with E-state index in [9.17, 15) is 9.59 Å². The summed E-state index contributed by atoms with van der Waals surface area (Å²) in [5, 5.41) is 2.59. The Bertz CT molecular complexity index is 339. The van der Waals surface area contributed by atoms with E-state index in [2.05, 4.69) is 12.2 Å². The lowest BCUT2D eigenvalue weighted by atomic mass is 9.86. The average molecular weight is 304 g/mol. The molecular weight excluding hydrogens is 278 g/mol. The lowest BCUT2D eigenvalue weighted by molar-refractivity contribution is -0.136. The number of hydrogen-bond acceptors (Lipinski definition) is 3. The molecule has 0 aromatic carbocycles. The highest BCUT2D eigenvalue weighted by molar-refractivity contribution is 5.86. The maximum absolute atomic E-state index is 12.3. The Labute approximate surface area is 127 Å². The molecule has 2 aliphatic rings. The number of hydrogen-bond donors (Lipinski definition) is 2. The van der Waals surface area contributed by atoms with Crippen LogP contribution in [0.3, 0.4) is 0 Å². The van der Waals surface area contributed by atoms with Crippen LogP contribution in [0.15, 0.2) is 0 Å². The molecule has 0 bridgehead atoms. The molecule has 2 fully saturated rings. The Morgan fingerprint density at radius 3 is 2.05 bits per heavy atom. The molecule has 20 heavy (non-hydrogen) atoms. The molecule has 0 radical (unpaired) electrons. The zero-order valence-electron chi connectivity index (χ0n) is 12.1. The molecule has 5 nitrogen and oxygen atoms in total. The third kappa shape index (κ3) is 4.63. The van der Waals surface area contributed by atoms with Crippen molar-refractivity contribution in [3.63, 3.8) is 0 Å². The zero-order valence-corrected chi connectivity index (χ0v) is 13.0. The van der Waals surface area contributed by atoms with Crippen molar-refractivity contribution >= 4 is 24.2 Å². The van der Waals surface area contributed by atoms with Gasteiger partial charge in [-0.1, -0.05) is 6.92 Å². The molecule has 0 aliphatic heterocycles. The third-order valence-electron chi connectivity index (χ3n) is 4.23. The van der Waals surface area contributed by atoms with Gasteiger partial charge in [-0.3, -0.25) is 9.59 Å². The monoisotopic (exact) mass is 303 g/mol. The maximum atomic E-state index is 12.3. The third-order valence-corrected chi connectivity index (χ3v) is 4.23. The first-order chi connectivity index (χ1) is 9.11. The van der Waals surface area contributed by atoms with Crippen LogP contribution in [0.4, 0.5) is 0 Å². The summed E-state index contributed by atoms with van der Waals surface area (Å²) >= 11 is 0. The van der Waals surface area contributed by atoms with Crippen molar-refractivity contribution < 1.29 is 9.59 Å². The lowest BCUT2D eigenvalue weighted by Crippen LogP contribution is -2.48. The Kier molecular flexibility index (Phi) is 6.76. The fourth-order valence-corrected chi connectivity index (χ4v) is 2.92. The van der Waals surface area contributed by atoms with E-state index in [1.54, 1.807) is 0 Å². The number of nitrogens with two attached hydrogens (primary N) is 1. The van der Waals surface area contributed by atoms with Gasteiger partial charge >= 0.3 is 0 Å². The van der Waals surface area contributed by atoms with Crippen molar-refractivity contribution in [2.75, 3.05) is 13.1 Å². The summed E-state index contributed by atoms with van der Waals surface area (Å²) in [6.45, 7) is 2.32. The van der Waals surface area contributed by atoms with E-state index in [1.165, 1.54) is 12.8 Å². The van der Waals surface area contributed by atoms with Crippen LogP contribution in [0.2, 0.25) is 0 Å². The summed E-state index contributed by atoms with van der Waals surface area (Å²) in [7, 11) is 0. The van der Waals surface area contributed by atoms with Crippen LogP contribution in [-0.2, 0) is 9.59 Å². The summed E-state index contributed by atoms with van der Waals surface area (Å²) < 4.78 is 0. The van der Waals surface area contributed by atoms with E-state index in [0.29, 0.717) is 12.1 Å². The van der Waals surface area contributed by atoms with E-state index in [-0.39, 0.29) is 37.3 Å². The Morgan fingerprint density at radius 2 is 1.60 bits per heavy atom. The average Bonchev–Trinajstić information content (AvgIpc) is 3.23. The predicted molar refractivity (Wildman–Crippen MR) is 80.6 cm³/mol. The molecule has 3 N–H and O–H groups in total. The standard InChI is InChI=1S/C14H25N3O2.ClH/c1-10-2-4-11(5-3-10)17(12-6-7-12)14(19)9-16-13(18)8-15;/h10-12H,2-9,15H2,1H3,(H,16,18);1H. The smallest absolute Gasteiger partial charge is 0.242 e. The number of nitrogens with zero attached hydrogens (tertiary/aromatic N) is 1. The van der Waals surface area contributed by atoms with Crippen LogP contribution in [0.5, 0.6) is 0 Å². The molecule has 0 atom stereocenters. The fraction of sp³-hybridized carbons (Fsp3) is 0.857. The van der Waals surface area contributed by atoms with Crippen molar-refractivity contribution in [2.24, 2.45) is 11.7 Å². The molecule has 2 saturated carbocycles. The highest BCUT2D eigenvalue weighted by Crippen LogP contribution is 2.35. The molecule has 0 saturated heterocycles. The zero-order chi connectivity index (χ0) is 13.8. The molecule has 2 amide bonds. The van der Waals surface area contributed by atoms with Gasteiger partial charge in [-0.15, -0.1) is 12.4 Å². The van der Waals surface area contributed by atoms with Crippen LogP contribution in [-0.4, -0.2) is 41.9 Å². The van der Waals surface area contributed by atoms with Gasteiger partial charge in [-0.25, -0.2) is 0 Å². The second-order valence-electron chi connectivity index (χ2n) is 5.93. The first-order valence-corrected chi connectivity index (χ1v) is 7.39. The molecule has 2 rings (SSSR count). The lowest BCUT2D eigenvalue weighted by Gasteiger charge is -2.36. The molecular formula is C14H26ClN3O2. The van der Waals surface area contributed by atoms with E-state index >= 15 is 0 Å². The van der Waals surface area contributed by atoms with E-state index in [1.807, 2.05) is 4.90 Å². The van der Waals surface area contributed by atoms with Gasteiger partial charge in [0.15, 0.2) is 0 Å². The molecule has 116 valence electrons.